The van der Waals surface area contributed by atoms with Gasteiger partial charge in [-0.2, -0.15) is 11.3 Å². The molecule has 2 fully saturated rings. The van der Waals surface area contributed by atoms with Crippen LogP contribution in [0.2, 0.25) is 0 Å². The number of nitrogens with one attached hydrogen (secondary N) is 1. The normalized spacial score (nSPS) is 23.8. The largest absolute Gasteiger partial charge is 0.368 e. The van der Waals surface area contributed by atoms with Crippen molar-refractivity contribution in [3.05, 3.63) is 46.7 Å². The summed E-state index contributed by atoms with van der Waals surface area (Å²) in [6.07, 6.45) is 3.79. The van der Waals surface area contributed by atoms with Crippen molar-refractivity contribution in [2.75, 3.05) is 19.7 Å². The number of rotatable bonds is 6. The third kappa shape index (κ3) is 5.01. The molecule has 0 saturated carbocycles. The number of ether oxygens (including phenoxy) is 1. The van der Waals surface area contributed by atoms with E-state index in [0.717, 1.165) is 24.8 Å². The Bertz CT molecular complexity index is 888. The van der Waals surface area contributed by atoms with Gasteiger partial charge in [0.25, 0.3) is 5.91 Å². The summed E-state index contributed by atoms with van der Waals surface area (Å²) in [7, 11) is 0. The van der Waals surface area contributed by atoms with Crippen molar-refractivity contribution < 1.29 is 14.3 Å². The lowest BCUT2D eigenvalue weighted by molar-refractivity contribution is -0.146. The third-order valence-corrected chi connectivity index (χ3v) is 7.06. The first kappa shape index (κ1) is 22.0. The van der Waals surface area contributed by atoms with Crippen molar-refractivity contribution in [2.24, 2.45) is 5.41 Å². The van der Waals surface area contributed by atoms with Crippen LogP contribution in [0.25, 0.3) is 11.1 Å². The van der Waals surface area contributed by atoms with Crippen LogP contribution in [0.1, 0.15) is 45.1 Å². The molecule has 1 aromatic carbocycles. The second-order valence-corrected chi connectivity index (χ2v) is 9.94. The van der Waals surface area contributed by atoms with Gasteiger partial charge in [-0.25, -0.2) is 0 Å². The zero-order valence-corrected chi connectivity index (χ0v) is 19.2. The van der Waals surface area contributed by atoms with Crippen molar-refractivity contribution in [2.45, 2.75) is 58.1 Å². The van der Waals surface area contributed by atoms with E-state index >= 15 is 0 Å². The lowest BCUT2D eigenvalue weighted by atomic mass is 9.79. The highest BCUT2D eigenvalue weighted by Crippen LogP contribution is 2.36. The summed E-state index contributed by atoms with van der Waals surface area (Å²) in [5, 5.41) is 7.33. The number of hydrogen-bond donors (Lipinski definition) is 1. The van der Waals surface area contributed by atoms with E-state index in [1.165, 1.54) is 11.1 Å². The summed E-state index contributed by atoms with van der Waals surface area (Å²) in [6, 6.07) is 10.7. The first-order chi connectivity index (χ1) is 15.0. The van der Waals surface area contributed by atoms with Gasteiger partial charge < -0.3 is 15.0 Å². The molecule has 2 aliphatic heterocycles. The second kappa shape index (κ2) is 9.53. The molecule has 0 aliphatic carbocycles. The molecule has 6 heteroatoms. The molecule has 3 heterocycles. The number of carbonyl (C=O) groups is 2. The van der Waals surface area contributed by atoms with Crippen molar-refractivity contribution in [3.63, 3.8) is 0 Å². The van der Waals surface area contributed by atoms with Crippen molar-refractivity contribution >= 4 is 23.2 Å². The van der Waals surface area contributed by atoms with Gasteiger partial charge in [-0.15, -0.1) is 0 Å². The highest BCUT2D eigenvalue weighted by Gasteiger charge is 2.47. The molecule has 4 rings (SSSR count). The summed E-state index contributed by atoms with van der Waals surface area (Å²) in [4.78, 5) is 28.2. The molecule has 5 nitrogen and oxygen atoms in total. The van der Waals surface area contributed by atoms with Crippen molar-refractivity contribution in [1.82, 2.24) is 10.2 Å². The second-order valence-electron chi connectivity index (χ2n) is 9.16. The molecular formula is C25H32N2O3S. The fourth-order valence-electron chi connectivity index (χ4n) is 4.66. The Labute approximate surface area is 188 Å². The van der Waals surface area contributed by atoms with Gasteiger partial charge in [0.15, 0.2) is 0 Å². The first-order valence-corrected chi connectivity index (χ1v) is 12.2. The van der Waals surface area contributed by atoms with E-state index in [0.29, 0.717) is 32.5 Å². The van der Waals surface area contributed by atoms with Crippen LogP contribution in [0.5, 0.6) is 0 Å². The van der Waals surface area contributed by atoms with Gasteiger partial charge in [0, 0.05) is 25.7 Å². The van der Waals surface area contributed by atoms with Gasteiger partial charge in [-0.3, -0.25) is 9.59 Å². The van der Waals surface area contributed by atoms with Gasteiger partial charge >= 0.3 is 0 Å². The first-order valence-electron chi connectivity index (χ1n) is 11.3. The molecule has 0 radical (unpaired) electrons. The van der Waals surface area contributed by atoms with Crippen LogP contribution in [-0.2, 0) is 20.7 Å². The van der Waals surface area contributed by atoms with E-state index in [4.69, 9.17) is 4.74 Å². The molecule has 166 valence electrons. The Balaban J connectivity index is 1.51. The highest BCUT2D eigenvalue weighted by molar-refractivity contribution is 7.08. The smallest absolute Gasteiger partial charge is 0.251 e. The number of carbonyl (C=O) groups excluding carboxylic acids is 2. The SMILES string of the molecule is CC(C)NC(=O)[C@]1(Cc2ccc(-c3ccsc3)cc2)CCN(C(=O)[C@H]2CCCCO2)C1. The number of amides is 2. The molecule has 2 aromatic rings. The molecular weight excluding hydrogens is 408 g/mol. The fraction of sp³-hybridized carbons (Fsp3) is 0.520. The quantitative estimate of drug-likeness (QED) is 0.730. The van der Waals surface area contributed by atoms with Gasteiger partial charge in [-0.05, 0) is 79.5 Å². The Morgan fingerprint density at radius 2 is 2.00 bits per heavy atom. The Morgan fingerprint density at radius 1 is 1.19 bits per heavy atom. The molecule has 2 amide bonds. The molecule has 0 unspecified atom stereocenters. The van der Waals surface area contributed by atoms with Crippen LogP contribution in [-0.4, -0.2) is 48.6 Å². The number of nitrogens with zero attached hydrogens (tertiary/aromatic N) is 1. The number of likely N-dealkylation sites (tertiary alicyclic amines) is 1. The molecule has 2 aliphatic rings. The standard InChI is InChI=1S/C25H32N2O3S/c1-18(2)26-24(29)25(11-12-27(17-25)23(28)22-5-3-4-13-30-22)15-19-6-8-20(9-7-19)21-10-14-31-16-21/h6-10,14,16,18,22H,3-5,11-13,15,17H2,1-2H3,(H,26,29)/t22-,25+/m1/s1. The molecule has 0 bridgehead atoms. The number of hydrogen-bond acceptors (Lipinski definition) is 4. The Kier molecular flexibility index (Phi) is 6.77. The molecule has 31 heavy (non-hydrogen) atoms. The number of benzene rings is 1. The zero-order valence-electron chi connectivity index (χ0n) is 18.4. The molecule has 2 atom stereocenters. The van der Waals surface area contributed by atoms with Crippen LogP contribution in [0.15, 0.2) is 41.1 Å². The number of thiophene rings is 1. The van der Waals surface area contributed by atoms with E-state index < -0.39 is 5.41 Å². The van der Waals surface area contributed by atoms with Crippen LogP contribution < -0.4 is 5.32 Å². The summed E-state index contributed by atoms with van der Waals surface area (Å²) >= 11 is 1.69. The minimum absolute atomic E-state index is 0.0456. The minimum Gasteiger partial charge on any atom is -0.368 e. The lowest BCUT2D eigenvalue weighted by Gasteiger charge is -2.31. The third-order valence-electron chi connectivity index (χ3n) is 6.37. The lowest BCUT2D eigenvalue weighted by Crippen LogP contribution is -2.48. The summed E-state index contributed by atoms with van der Waals surface area (Å²) < 4.78 is 5.72. The maximum absolute atomic E-state index is 13.3. The van der Waals surface area contributed by atoms with Crippen LogP contribution in [0, 0.1) is 5.41 Å². The summed E-state index contributed by atoms with van der Waals surface area (Å²) in [6.45, 7) is 5.68. The topological polar surface area (TPSA) is 58.6 Å². The van der Waals surface area contributed by atoms with Crippen molar-refractivity contribution in [1.29, 1.82) is 0 Å². The van der Waals surface area contributed by atoms with E-state index in [1.807, 2.05) is 18.7 Å². The molecule has 2 saturated heterocycles. The predicted octanol–water partition coefficient (Wildman–Crippen LogP) is 4.27. The van der Waals surface area contributed by atoms with Crippen LogP contribution >= 0.6 is 11.3 Å². The Hall–Kier alpha value is -2.18. The Morgan fingerprint density at radius 3 is 2.65 bits per heavy atom. The van der Waals surface area contributed by atoms with Gasteiger partial charge in [0.05, 0.1) is 5.41 Å². The summed E-state index contributed by atoms with van der Waals surface area (Å²) in [5.74, 6) is 0.0935. The van der Waals surface area contributed by atoms with Gasteiger partial charge in [-0.1, -0.05) is 24.3 Å². The molecule has 1 N–H and O–H groups in total. The average molecular weight is 441 g/mol. The predicted molar refractivity (Wildman–Crippen MR) is 124 cm³/mol. The maximum atomic E-state index is 13.3. The van der Waals surface area contributed by atoms with Gasteiger partial charge in [0.1, 0.15) is 6.10 Å². The van der Waals surface area contributed by atoms with E-state index in [9.17, 15) is 9.59 Å². The highest BCUT2D eigenvalue weighted by atomic mass is 32.1. The van der Waals surface area contributed by atoms with Crippen LogP contribution in [0.4, 0.5) is 0 Å². The van der Waals surface area contributed by atoms with E-state index in [2.05, 4.69) is 46.4 Å². The maximum Gasteiger partial charge on any atom is 0.251 e. The monoisotopic (exact) mass is 440 g/mol. The van der Waals surface area contributed by atoms with Crippen molar-refractivity contribution in [3.8, 4) is 11.1 Å². The van der Waals surface area contributed by atoms with E-state index in [-0.39, 0.29) is 24.0 Å². The van der Waals surface area contributed by atoms with E-state index in [1.54, 1.807) is 11.3 Å². The minimum atomic E-state index is -0.599. The fourth-order valence-corrected chi connectivity index (χ4v) is 5.32. The molecule has 0 spiro atoms. The molecule has 1 aromatic heterocycles. The summed E-state index contributed by atoms with van der Waals surface area (Å²) in [5.41, 5.74) is 2.93. The van der Waals surface area contributed by atoms with Gasteiger partial charge in [0.2, 0.25) is 5.91 Å². The average Bonchev–Trinajstić information content (AvgIpc) is 3.45. The zero-order chi connectivity index (χ0) is 21.8. The van der Waals surface area contributed by atoms with Crippen LogP contribution in [0.3, 0.4) is 0 Å².